The molecule has 0 atom stereocenters. The van der Waals surface area contributed by atoms with Gasteiger partial charge in [-0.05, 0) is 23.8 Å². The first-order valence-electron chi connectivity index (χ1n) is 5.60. The number of benzene rings is 1. The van der Waals surface area contributed by atoms with Crippen LogP contribution in [0.4, 0.5) is 4.79 Å². The maximum absolute atomic E-state index is 11.3. The lowest BCUT2D eigenvalue weighted by molar-refractivity contribution is 0.196. The summed E-state index contributed by atoms with van der Waals surface area (Å²) in [7, 11) is 3.20. The van der Waals surface area contributed by atoms with E-state index in [4.69, 9.17) is 9.47 Å². The van der Waals surface area contributed by atoms with E-state index in [0.29, 0.717) is 13.2 Å². The standard InChI is InChI=1S/C13H18N2O3/c1-17-9-8-15-13(16)14-7-6-11-4-3-5-12(10-11)18-2/h3-7,10H,8-9H2,1-2H3,(H2,14,15,16)/b7-6+. The number of ether oxygens (including phenoxy) is 2. The quantitative estimate of drug-likeness (QED) is 0.754. The second kappa shape index (κ2) is 8.14. The fourth-order valence-corrected chi connectivity index (χ4v) is 1.28. The molecule has 2 N–H and O–H groups in total. The van der Waals surface area contributed by atoms with Gasteiger partial charge in [0.25, 0.3) is 0 Å². The van der Waals surface area contributed by atoms with Crippen LogP contribution in [0.15, 0.2) is 30.5 Å². The van der Waals surface area contributed by atoms with Gasteiger partial charge in [0.1, 0.15) is 5.75 Å². The summed E-state index contributed by atoms with van der Waals surface area (Å²) in [5.41, 5.74) is 0.951. The van der Waals surface area contributed by atoms with Gasteiger partial charge in [-0.3, -0.25) is 0 Å². The Balaban J connectivity index is 2.37. The van der Waals surface area contributed by atoms with Gasteiger partial charge < -0.3 is 20.1 Å². The van der Waals surface area contributed by atoms with Gasteiger partial charge in [0.15, 0.2) is 0 Å². The number of carbonyl (C=O) groups excluding carboxylic acids is 1. The number of urea groups is 1. The zero-order valence-corrected chi connectivity index (χ0v) is 10.6. The SMILES string of the molecule is COCCNC(=O)N/C=C/c1cccc(OC)c1. The normalized spacial score (nSPS) is 10.3. The van der Waals surface area contributed by atoms with Gasteiger partial charge in [-0.15, -0.1) is 0 Å². The Morgan fingerprint density at radius 2 is 2.22 bits per heavy atom. The van der Waals surface area contributed by atoms with Crippen LogP contribution in [0.1, 0.15) is 5.56 Å². The molecule has 98 valence electrons. The van der Waals surface area contributed by atoms with Crippen molar-refractivity contribution in [2.45, 2.75) is 0 Å². The molecule has 1 aromatic carbocycles. The number of rotatable bonds is 6. The summed E-state index contributed by atoms with van der Waals surface area (Å²) in [5, 5.41) is 5.24. The Hall–Kier alpha value is -2.01. The molecule has 0 saturated heterocycles. The first-order chi connectivity index (χ1) is 8.76. The van der Waals surface area contributed by atoms with Crippen LogP contribution in [-0.4, -0.2) is 33.4 Å². The molecule has 0 spiro atoms. The molecule has 0 saturated carbocycles. The van der Waals surface area contributed by atoms with E-state index < -0.39 is 0 Å². The minimum Gasteiger partial charge on any atom is -0.497 e. The van der Waals surface area contributed by atoms with Crippen LogP contribution in [0.2, 0.25) is 0 Å². The maximum Gasteiger partial charge on any atom is 0.318 e. The van der Waals surface area contributed by atoms with Crippen molar-refractivity contribution in [2.75, 3.05) is 27.4 Å². The van der Waals surface area contributed by atoms with E-state index >= 15 is 0 Å². The molecule has 5 nitrogen and oxygen atoms in total. The lowest BCUT2D eigenvalue weighted by Crippen LogP contribution is -2.34. The highest BCUT2D eigenvalue weighted by Gasteiger charge is 1.95. The Morgan fingerprint density at radius 3 is 2.94 bits per heavy atom. The number of methoxy groups -OCH3 is 2. The van der Waals surface area contributed by atoms with E-state index in [-0.39, 0.29) is 6.03 Å². The van der Waals surface area contributed by atoms with Crippen molar-refractivity contribution in [2.24, 2.45) is 0 Å². The first kappa shape index (κ1) is 14.1. The number of hydrogen-bond acceptors (Lipinski definition) is 3. The van der Waals surface area contributed by atoms with Crippen LogP contribution in [0, 0.1) is 0 Å². The molecule has 0 aliphatic heterocycles. The molecule has 1 aromatic rings. The van der Waals surface area contributed by atoms with Crippen molar-refractivity contribution in [1.29, 1.82) is 0 Å². The van der Waals surface area contributed by atoms with Gasteiger partial charge in [-0.25, -0.2) is 4.79 Å². The van der Waals surface area contributed by atoms with E-state index in [1.165, 1.54) is 0 Å². The van der Waals surface area contributed by atoms with Crippen molar-refractivity contribution in [3.8, 4) is 5.75 Å². The zero-order valence-electron chi connectivity index (χ0n) is 10.6. The molecule has 5 heteroatoms. The third kappa shape index (κ3) is 5.36. The summed E-state index contributed by atoms with van der Waals surface area (Å²) in [4.78, 5) is 11.3. The van der Waals surface area contributed by atoms with Crippen LogP contribution in [0.25, 0.3) is 6.08 Å². The smallest absolute Gasteiger partial charge is 0.318 e. The largest absolute Gasteiger partial charge is 0.497 e. The third-order valence-electron chi connectivity index (χ3n) is 2.18. The molecule has 0 aliphatic carbocycles. The van der Waals surface area contributed by atoms with Crippen LogP contribution in [0.3, 0.4) is 0 Å². The van der Waals surface area contributed by atoms with E-state index in [2.05, 4.69) is 10.6 Å². The predicted octanol–water partition coefficient (Wildman–Crippen LogP) is 1.61. The highest BCUT2D eigenvalue weighted by atomic mass is 16.5. The minimum atomic E-state index is -0.258. The van der Waals surface area contributed by atoms with Gasteiger partial charge >= 0.3 is 6.03 Å². The Labute approximate surface area is 107 Å². The van der Waals surface area contributed by atoms with Crippen LogP contribution >= 0.6 is 0 Å². The second-order valence-corrected chi connectivity index (χ2v) is 3.50. The second-order valence-electron chi connectivity index (χ2n) is 3.50. The van der Waals surface area contributed by atoms with E-state index in [1.54, 1.807) is 26.5 Å². The number of carbonyl (C=O) groups is 1. The van der Waals surface area contributed by atoms with Crippen molar-refractivity contribution in [3.05, 3.63) is 36.0 Å². The Morgan fingerprint density at radius 1 is 1.39 bits per heavy atom. The average molecular weight is 250 g/mol. The van der Waals surface area contributed by atoms with Crippen molar-refractivity contribution in [1.82, 2.24) is 10.6 Å². The van der Waals surface area contributed by atoms with Gasteiger partial charge in [0.05, 0.1) is 13.7 Å². The predicted molar refractivity (Wildman–Crippen MR) is 70.4 cm³/mol. The molecule has 0 heterocycles. The third-order valence-corrected chi connectivity index (χ3v) is 2.18. The highest BCUT2D eigenvalue weighted by Crippen LogP contribution is 2.13. The molecule has 0 bridgehead atoms. The lowest BCUT2D eigenvalue weighted by Gasteiger charge is -2.03. The van der Waals surface area contributed by atoms with Gasteiger partial charge in [0.2, 0.25) is 0 Å². The molecule has 2 amide bonds. The van der Waals surface area contributed by atoms with Crippen molar-refractivity contribution in [3.63, 3.8) is 0 Å². The molecule has 1 rings (SSSR count). The van der Waals surface area contributed by atoms with Crippen molar-refractivity contribution < 1.29 is 14.3 Å². The molecule has 0 aromatic heterocycles. The molecular formula is C13H18N2O3. The molecule has 0 radical (unpaired) electrons. The zero-order chi connectivity index (χ0) is 13.2. The molecule has 18 heavy (non-hydrogen) atoms. The summed E-state index contributed by atoms with van der Waals surface area (Å²) >= 11 is 0. The maximum atomic E-state index is 11.3. The van der Waals surface area contributed by atoms with E-state index in [9.17, 15) is 4.79 Å². The van der Waals surface area contributed by atoms with Crippen LogP contribution in [0.5, 0.6) is 5.75 Å². The van der Waals surface area contributed by atoms with Crippen LogP contribution < -0.4 is 15.4 Å². The summed E-state index contributed by atoms with van der Waals surface area (Å²) in [6.45, 7) is 0.975. The summed E-state index contributed by atoms with van der Waals surface area (Å²) in [6.07, 6.45) is 3.37. The monoisotopic (exact) mass is 250 g/mol. The fourth-order valence-electron chi connectivity index (χ4n) is 1.28. The Bertz CT molecular complexity index is 405. The Kier molecular flexibility index (Phi) is 6.35. The summed E-state index contributed by atoms with van der Waals surface area (Å²) in [5.74, 6) is 0.779. The molecule has 0 unspecified atom stereocenters. The topological polar surface area (TPSA) is 59.6 Å². The molecule has 0 aliphatic rings. The average Bonchev–Trinajstić information content (AvgIpc) is 2.39. The van der Waals surface area contributed by atoms with Crippen LogP contribution in [-0.2, 0) is 4.74 Å². The first-order valence-corrected chi connectivity index (χ1v) is 5.60. The van der Waals surface area contributed by atoms with E-state index in [0.717, 1.165) is 11.3 Å². The number of hydrogen-bond donors (Lipinski definition) is 2. The molecule has 0 fully saturated rings. The number of amides is 2. The van der Waals surface area contributed by atoms with Gasteiger partial charge in [-0.1, -0.05) is 12.1 Å². The molecular weight excluding hydrogens is 232 g/mol. The highest BCUT2D eigenvalue weighted by molar-refractivity contribution is 5.75. The summed E-state index contributed by atoms with van der Waals surface area (Å²) in [6, 6.07) is 7.29. The minimum absolute atomic E-state index is 0.258. The summed E-state index contributed by atoms with van der Waals surface area (Å²) < 4.78 is 9.92. The van der Waals surface area contributed by atoms with E-state index in [1.807, 2.05) is 24.3 Å². The fraction of sp³-hybridized carbons (Fsp3) is 0.308. The van der Waals surface area contributed by atoms with Gasteiger partial charge in [0, 0.05) is 19.9 Å². The lowest BCUT2D eigenvalue weighted by atomic mass is 10.2. The van der Waals surface area contributed by atoms with Crippen molar-refractivity contribution >= 4 is 12.1 Å². The van der Waals surface area contributed by atoms with Gasteiger partial charge in [-0.2, -0.15) is 0 Å². The number of nitrogens with one attached hydrogen (secondary N) is 2.